The van der Waals surface area contributed by atoms with Gasteiger partial charge in [0.05, 0.1) is 10.6 Å². The predicted molar refractivity (Wildman–Crippen MR) is 82.8 cm³/mol. The van der Waals surface area contributed by atoms with E-state index in [2.05, 4.69) is 35.2 Å². The van der Waals surface area contributed by atoms with E-state index in [4.69, 9.17) is 5.26 Å². The molecule has 2 heterocycles. The number of aryl methyl sites for hydroxylation is 1. The third kappa shape index (κ3) is 3.55. The highest BCUT2D eigenvalue weighted by molar-refractivity contribution is 7.15. The molecule has 5 heteroatoms. The number of thiophene rings is 1. The van der Waals surface area contributed by atoms with Gasteiger partial charge >= 0.3 is 0 Å². The lowest BCUT2D eigenvalue weighted by molar-refractivity contribution is 0.834. The van der Waals surface area contributed by atoms with Crippen LogP contribution >= 0.6 is 11.3 Å². The molecule has 2 rings (SSSR count). The lowest BCUT2D eigenvalue weighted by Gasteiger charge is -2.08. The number of nitriles is 1. The van der Waals surface area contributed by atoms with Crippen molar-refractivity contribution in [2.45, 2.75) is 33.1 Å². The first-order valence-electron chi connectivity index (χ1n) is 6.89. The molecule has 2 aromatic rings. The minimum absolute atomic E-state index is 0.707. The van der Waals surface area contributed by atoms with Crippen LogP contribution in [0.2, 0.25) is 0 Å². The number of hydrogen-bond donors (Lipinski definition) is 1. The molecule has 0 fully saturated rings. The Hall–Kier alpha value is -1.93. The van der Waals surface area contributed by atoms with E-state index in [1.165, 1.54) is 11.3 Å². The van der Waals surface area contributed by atoms with Crippen LogP contribution in [0.3, 0.4) is 0 Å². The summed E-state index contributed by atoms with van der Waals surface area (Å²) in [5.74, 6) is 1.72. The van der Waals surface area contributed by atoms with Gasteiger partial charge < -0.3 is 5.32 Å². The summed E-state index contributed by atoms with van der Waals surface area (Å²) in [6.45, 7) is 5.14. The summed E-state index contributed by atoms with van der Waals surface area (Å²) in [6, 6.07) is 7.91. The summed E-state index contributed by atoms with van der Waals surface area (Å²) >= 11 is 1.47. The van der Waals surface area contributed by atoms with Gasteiger partial charge in [0, 0.05) is 19.0 Å². The van der Waals surface area contributed by atoms with Crippen LogP contribution in [0.4, 0.5) is 5.82 Å². The summed E-state index contributed by atoms with van der Waals surface area (Å²) in [6.07, 6.45) is 2.94. The van der Waals surface area contributed by atoms with Crippen molar-refractivity contribution in [1.82, 2.24) is 9.97 Å². The van der Waals surface area contributed by atoms with E-state index in [0.717, 1.165) is 48.0 Å². The van der Waals surface area contributed by atoms with E-state index in [-0.39, 0.29) is 0 Å². The zero-order valence-electron chi connectivity index (χ0n) is 11.8. The summed E-state index contributed by atoms with van der Waals surface area (Å²) in [4.78, 5) is 10.9. The quantitative estimate of drug-likeness (QED) is 0.876. The van der Waals surface area contributed by atoms with Crippen molar-refractivity contribution >= 4 is 17.2 Å². The second-order valence-corrected chi connectivity index (χ2v) is 5.59. The third-order valence-electron chi connectivity index (χ3n) is 2.77. The second kappa shape index (κ2) is 7.01. The van der Waals surface area contributed by atoms with E-state index in [9.17, 15) is 0 Å². The van der Waals surface area contributed by atoms with Crippen molar-refractivity contribution in [3.05, 3.63) is 28.9 Å². The Labute approximate surface area is 123 Å². The molecule has 1 N–H and O–H groups in total. The highest BCUT2D eigenvalue weighted by Gasteiger charge is 2.08. The molecule has 0 saturated carbocycles. The Bertz CT molecular complexity index is 613. The normalized spacial score (nSPS) is 10.2. The average molecular weight is 286 g/mol. The van der Waals surface area contributed by atoms with Gasteiger partial charge in [-0.15, -0.1) is 11.3 Å². The predicted octanol–water partition coefficient (Wildman–Crippen LogP) is 3.85. The molecule has 0 saturated heterocycles. The summed E-state index contributed by atoms with van der Waals surface area (Å²) in [7, 11) is 0. The Balaban J connectivity index is 2.35. The van der Waals surface area contributed by atoms with E-state index in [0.29, 0.717) is 4.88 Å². The molecule has 0 aromatic carbocycles. The lowest BCUT2D eigenvalue weighted by Crippen LogP contribution is -2.05. The van der Waals surface area contributed by atoms with E-state index in [1.54, 1.807) is 0 Å². The minimum atomic E-state index is 0.707. The monoisotopic (exact) mass is 286 g/mol. The van der Waals surface area contributed by atoms with Gasteiger partial charge in [-0.25, -0.2) is 9.97 Å². The maximum absolute atomic E-state index is 8.92. The van der Waals surface area contributed by atoms with Gasteiger partial charge in [0.2, 0.25) is 0 Å². The number of anilines is 1. The minimum Gasteiger partial charge on any atom is -0.370 e. The number of hydrogen-bond acceptors (Lipinski definition) is 5. The van der Waals surface area contributed by atoms with Crippen molar-refractivity contribution in [3.8, 4) is 16.6 Å². The molecule has 0 unspecified atom stereocenters. The topological polar surface area (TPSA) is 61.6 Å². The van der Waals surface area contributed by atoms with Crippen molar-refractivity contribution in [3.63, 3.8) is 0 Å². The van der Waals surface area contributed by atoms with Gasteiger partial charge in [0.1, 0.15) is 22.6 Å². The summed E-state index contributed by atoms with van der Waals surface area (Å²) < 4.78 is 0. The largest absolute Gasteiger partial charge is 0.370 e. The maximum Gasteiger partial charge on any atom is 0.131 e. The third-order valence-corrected chi connectivity index (χ3v) is 3.78. The zero-order chi connectivity index (χ0) is 14.4. The van der Waals surface area contributed by atoms with Crippen molar-refractivity contribution in [1.29, 1.82) is 5.26 Å². The van der Waals surface area contributed by atoms with Crippen LogP contribution < -0.4 is 5.32 Å². The summed E-state index contributed by atoms with van der Waals surface area (Å²) in [5, 5.41) is 12.2. The first-order valence-corrected chi connectivity index (χ1v) is 7.70. The van der Waals surface area contributed by atoms with Gasteiger partial charge in [-0.05, 0) is 25.0 Å². The van der Waals surface area contributed by atoms with E-state index >= 15 is 0 Å². The molecule has 104 valence electrons. The van der Waals surface area contributed by atoms with Crippen LogP contribution in [0.5, 0.6) is 0 Å². The molecule has 0 aliphatic carbocycles. The lowest BCUT2D eigenvalue weighted by atomic mass is 10.2. The van der Waals surface area contributed by atoms with Crippen LogP contribution in [-0.2, 0) is 6.42 Å². The van der Waals surface area contributed by atoms with Crippen LogP contribution in [0.1, 0.15) is 37.4 Å². The van der Waals surface area contributed by atoms with Gasteiger partial charge in [-0.2, -0.15) is 5.26 Å². The first-order chi connectivity index (χ1) is 9.76. The number of nitrogens with one attached hydrogen (secondary N) is 1. The van der Waals surface area contributed by atoms with Crippen LogP contribution in [0.25, 0.3) is 10.6 Å². The van der Waals surface area contributed by atoms with Crippen molar-refractivity contribution in [2.24, 2.45) is 0 Å². The molecule has 0 amide bonds. The molecule has 2 aromatic heterocycles. The molecule has 20 heavy (non-hydrogen) atoms. The Morgan fingerprint density at radius 3 is 2.75 bits per heavy atom. The molecule has 0 atom stereocenters. The number of rotatable bonds is 6. The highest BCUT2D eigenvalue weighted by Crippen LogP contribution is 2.27. The highest BCUT2D eigenvalue weighted by atomic mass is 32.1. The smallest absolute Gasteiger partial charge is 0.131 e. The molecule has 0 aliphatic rings. The first kappa shape index (κ1) is 14.5. The van der Waals surface area contributed by atoms with E-state index < -0.39 is 0 Å². The van der Waals surface area contributed by atoms with Gasteiger partial charge in [0.15, 0.2) is 0 Å². The Morgan fingerprint density at radius 2 is 2.10 bits per heavy atom. The Morgan fingerprint density at radius 1 is 1.25 bits per heavy atom. The molecular formula is C15H18N4S. The average Bonchev–Trinajstić information content (AvgIpc) is 2.94. The van der Waals surface area contributed by atoms with Crippen LogP contribution in [0, 0.1) is 11.3 Å². The standard InChI is InChI=1S/C15H18N4S/c1-3-5-14-18-12(9-15(19-14)17-8-4-2)13-7-6-11(10-16)20-13/h6-7,9H,3-5,8H2,1-2H3,(H,17,18,19). The number of aromatic nitrogens is 2. The van der Waals surface area contributed by atoms with Gasteiger partial charge in [0.25, 0.3) is 0 Å². The molecule has 0 spiro atoms. The maximum atomic E-state index is 8.92. The molecule has 0 radical (unpaired) electrons. The van der Waals surface area contributed by atoms with E-state index in [1.807, 2.05) is 18.2 Å². The van der Waals surface area contributed by atoms with Crippen molar-refractivity contribution < 1.29 is 0 Å². The fourth-order valence-electron chi connectivity index (χ4n) is 1.84. The summed E-state index contributed by atoms with van der Waals surface area (Å²) in [5.41, 5.74) is 0.897. The molecule has 0 aliphatic heterocycles. The van der Waals surface area contributed by atoms with Gasteiger partial charge in [-0.1, -0.05) is 13.8 Å². The van der Waals surface area contributed by atoms with Gasteiger partial charge in [-0.3, -0.25) is 0 Å². The Kier molecular flexibility index (Phi) is 5.08. The molecule has 0 bridgehead atoms. The zero-order valence-corrected chi connectivity index (χ0v) is 12.6. The molecular weight excluding hydrogens is 268 g/mol. The van der Waals surface area contributed by atoms with Crippen LogP contribution in [-0.4, -0.2) is 16.5 Å². The number of nitrogens with zero attached hydrogens (tertiary/aromatic N) is 3. The fourth-order valence-corrected chi connectivity index (χ4v) is 2.60. The van der Waals surface area contributed by atoms with Crippen molar-refractivity contribution in [2.75, 3.05) is 11.9 Å². The second-order valence-electron chi connectivity index (χ2n) is 4.51. The van der Waals surface area contributed by atoms with Crippen LogP contribution in [0.15, 0.2) is 18.2 Å². The molecule has 4 nitrogen and oxygen atoms in total. The SMILES string of the molecule is CCCNc1cc(-c2ccc(C#N)s2)nc(CCC)n1. The fraction of sp³-hybridized carbons (Fsp3) is 0.400.